The minimum absolute atomic E-state index is 0.374. The van der Waals surface area contributed by atoms with Crippen molar-refractivity contribution >= 4 is 15.8 Å². The van der Waals surface area contributed by atoms with Crippen LogP contribution in [-0.4, -0.2) is 51.2 Å². The first-order valence-electron chi connectivity index (χ1n) is 8.16. The van der Waals surface area contributed by atoms with Gasteiger partial charge in [0.15, 0.2) is 5.82 Å². The van der Waals surface area contributed by atoms with Gasteiger partial charge in [0, 0.05) is 32.2 Å². The topological polar surface area (TPSA) is 75.9 Å². The van der Waals surface area contributed by atoms with Crippen molar-refractivity contribution in [2.24, 2.45) is 0 Å². The Morgan fingerprint density at radius 3 is 2.12 bits per heavy atom. The monoisotopic (exact) mass is 365 g/mol. The first-order valence-corrected chi connectivity index (χ1v) is 9.60. The highest BCUT2D eigenvalue weighted by Crippen LogP contribution is 2.29. The summed E-state index contributed by atoms with van der Waals surface area (Å²) in [4.78, 5) is 2.41. The molecule has 1 saturated heterocycles. The quantitative estimate of drug-likeness (QED) is 0.826. The van der Waals surface area contributed by atoms with E-state index in [1.165, 1.54) is 4.31 Å². The average molecular weight is 365 g/mol. The molecule has 0 amide bonds. The lowest BCUT2D eigenvalue weighted by molar-refractivity contribution is 0.371. The highest BCUT2D eigenvalue weighted by atomic mass is 32.2. The average Bonchev–Trinajstić information content (AvgIpc) is 3.00. The molecule has 0 saturated carbocycles. The molecule has 2 heterocycles. The van der Waals surface area contributed by atoms with E-state index in [0.29, 0.717) is 48.0 Å². The fourth-order valence-electron chi connectivity index (χ4n) is 3.22. The molecule has 7 nitrogen and oxygen atoms in total. The van der Waals surface area contributed by atoms with Gasteiger partial charge in [-0.05, 0) is 44.0 Å². The van der Waals surface area contributed by atoms with Gasteiger partial charge >= 0.3 is 0 Å². The summed E-state index contributed by atoms with van der Waals surface area (Å²) in [5.74, 6) is 2.17. The predicted molar refractivity (Wildman–Crippen MR) is 94.7 cm³/mol. The van der Waals surface area contributed by atoms with Gasteiger partial charge in [-0.15, -0.1) is 0 Å². The summed E-state index contributed by atoms with van der Waals surface area (Å²) >= 11 is 0. The molecule has 1 aliphatic heterocycles. The highest BCUT2D eigenvalue weighted by Gasteiger charge is 2.31. The van der Waals surface area contributed by atoms with Crippen LogP contribution in [0.3, 0.4) is 0 Å². The number of benzene rings is 1. The van der Waals surface area contributed by atoms with Crippen molar-refractivity contribution in [1.29, 1.82) is 0 Å². The first-order chi connectivity index (χ1) is 11.8. The van der Waals surface area contributed by atoms with E-state index in [9.17, 15) is 8.42 Å². The Labute approximate surface area is 148 Å². The van der Waals surface area contributed by atoms with Crippen LogP contribution in [0, 0.1) is 20.8 Å². The van der Waals surface area contributed by atoms with Crippen molar-refractivity contribution in [2.45, 2.75) is 25.7 Å². The second kappa shape index (κ2) is 6.68. The molecule has 0 N–H and O–H groups in total. The van der Waals surface area contributed by atoms with Crippen LogP contribution in [0.25, 0.3) is 0 Å². The third-order valence-corrected chi connectivity index (χ3v) is 6.65. The van der Waals surface area contributed by atoms with Crippen molar-refractivity contribution in [3.05, 3.63) is 35.1 Å². The van der Waals surface area contributed by atoms with Crippen LogP contribution in [0.5, 0.6) is 5.75 Å². The molecule has 1 aromatic carbocycles. The maximum Gasteiger partial charge on any atom is 0.243 e. The number of ether oxygens (including phenoxy) is 1. The van der Waals surface area contributed by atoms with Crippen LogP contribution < -0.4 is 9.64 Å². The van der Waals surface area contributed by atoms with Gasteiger partial charge in [-0.2, -0.15) is 4.31 Å². The first kappa shape index (κ1) is 17.8. The molecule has 0 radical (unpaired) electrons. The lowest BCUT2D eigenvalue weighted by atomic mass is 10.1. The lowest BCUT2D eigenvalue weighted by Gasteiger charge is -2.34. The highest BCUT2D eigenvalue weighted by molar-refractivity contribution is 7.89. The van der Waals surface area contributed by atoms with Crippen LogP contribution >= 0.6 is 0 Å². The van der Waals surface area contributed by atoms with Crippen molar-refractivity contribution in [1.82, 2.24) is 9.46 Å². The van der Waals surface area contributed by atoms with Gasteiger partial charge < -0.3 is 14.2 Å². The third-order valence-electron chi connectivity index (χ3n) is 4.45. The zero-order chi connectivity index (χ0) is 18.2. The second-order valence-electron chi connectivity index (χ2n) is 6.28. The molecule has 2 aromatic rings. The van der Waals surface area contributed by atoms with Gasteiger partial charge in [0.2, 0.25) is 10.0 Å². The van der Waals surface area contributed by atoms with Gasteiger partial charge in [0.05, 0.1) is 12.0 Å². The molecular weight excluding hydrogens is 342 g/mol. The molecule has 25 heavy (non-hydrogen) atoms. The molecule has 0 aliphatic carbocycles. The number of hydrogen-bond donors (Lipinski definition) is 0. The summed E-state index contributed by atoms with van der Waals surface area (Å²) in [5.41, 5.74) is 1.40. The van der Waals surface area contributed by atoms with Crippen molar-refractivity contribution in [3.63, 3.8) is 0 Å². The van der Waals surface area contributed by atoms with E-state index in [1.54, 1.807) is 33.1 Å². The Kier molecular flexibility index (Phi) is 4.75. The SMILES string of the molecule is COc1cc(C)c(S(=O)(=O)N2CCN(c3cc(C)on3)CC2)c(C)c1. The Hall–Kier alpha value is -2.06. The number of rotatable bonds is 4. The van der Waals surface area contributed by atoms with Crippen molar-refractivity contribution in [2.75, 3.05) is 38.2 Å². The van der Waals surface area contributed by atoms with Crippen LogP contribution in [-0.2, 0) is 10.0 Å². The standard InChI is InChI=1S/C17H23N3O4S/c1-12-9-15(23-4)10-13(2)17(12)25(21,22)20-7-5-19(6-8-20)16-11-14(3)24-18-16/h9-11H,5-8H2,1-4H3. The van der Waals surface area contributed by atoms with Gasteiger partial charge in [-0.3, -0.25) is 0 Å². The summed E-state index contributed by atoms with van der Waals surface area (Å²) < 4.78 is 38.1. The van der Waals surface area contributed by atoms with Crippen LogP contribution in [0.1, 0.15) is 16.9 Å². The molecule has 1 aliphatic rings. The van der Waals surface area contributed by atoms with E-state index in [0.717, 1.165) is 11.6 Å². The molecule has 136 valence electrons. The van der Waals surface area contributed by atoms with E-state index in [-0.39, 0.29) is 0 Å². The lowest BCUT2D eigenvalue weighted by Crippen LogP contribution is -2.49. The van der Waals surface area contributed by atoms with E-state index in [2.05, 4.69) is 5.16 Å². The summed E-state index contributed by atoms with van der Waals surface area (Å²) in [6.07, 6.45) is 0. The maximum atomic E-state index is 13.1. The molecular formula is C17H23N3O4S. The zero-order valence-electron chi connectivity index (χ0n) is 14.9. The van der Waals surface area contributed by atoms with E-state index >= 15 is 0 Å². The molecule has 0 unspecified atom stereocenters. The Morgan fingerprint density at radius 2 is 1.64 bits per heavy atom. The summed E-state index contributed by atoms with van der Waals surface area (Å²) in [5, 5.41) is 4.00. The molecule has 1 fully saturated rings. The number of sulfonamides is 1. The van der Waals surface area contributed by atoms with E-state index in [1.807, 2.05) is 17.9 Å². The summed E-state index contributed by atoms with van der Waals surface area (Å²) in [6.45, 7) is 7.44. The summed E-state index contributed by atoms with van der Waals surface area (Å²) in [6, 6.07) is 5.38. The van der Waals surface area contributed by atoms with Gasteiger partial charge in [0.1, 0.15) is 11.5 Å². The van der Waals surface area contributed by atoms with E-state index < -0.39 is 10.0 Å². The molecule has 0 atom stereocenters. The number of nitrogens with zero attached hydrogens (tertiary/aromatic N) is 3. The molecule has 8 heteroatoms. The van der Waals surface area contributed by atoms with Crippen LogP contribution in [0.15, 0.2) is 27.6 Å². The molecule has 3 rings (SSSR count). The molecule has 0 bridgehead atoms. The normalized spacial score (nSPS) is 16.2. The second-order valence-corrected chi connectivity index (χ2v) is 8.15. The van der Waals surface area contributed by atoms with Gasteiger partial charge in [-0.25, -0.2) is 8.42 Å². The number of piperazine rings is 1. The fraction of sp³-hybridized carbons (Fsp3) is 0.471. The van der Waals surface area contributed by atoms with Crippen molar-refractivity contribution < 1.29 is 17.7 Å². The number of hydrogen-bond acceptors (Lipinski definition) is 6. The maximum absolute atomic E-state index is 13.1. The fourth-order valence-corrected chi connectivity index (χ4v) is 5.06. The minimum Gasteiger partial charge on any atom is -0.497 e. The van der Waals surface area contributed by atoms with Gasteiger partial charge in [-0.1, -0.05) is 5.16 Å². The van der Waals surface area contributed by atoms with E-state index in [4.69, 9.17) is 9.26 Å². The number of methoxy groups -OCH3 is 1. The number of anilines is 1. The van der Waals surface area contributed by atoms with Gasteiger partial charge in [0.25, 0.3) is 0 Å². The molecule has 1 aromatic heterocycles. The summed E-state index contributed by atoms with van der Waals surface area (Å²) in [7, 11) is -1.96. The largest absolute Gasteiger partial charge is 0.497 e. The third kappa shape index (κ3) is 3.36. The van der Waals surface area contributed by atoms with Crippen LogP contribution in [0.2, 0.25) is 0 Å². The Balaban J connectivity index is 1.81. The predicted octanol–water partition coefficient (Wildman–Crippen LogP) is 2.12. The van der Waals surface area contributed by atoms with Crippen molar-refractivity contribution in [3.8, 4) is 5.75 Å². The number of aromatic nitrogens is 1. The Bertz CT molecular complexity index is 845. The molecule has 0 spiro atoms. The Morgan fingerprint density at radius 1 is 1.04 bits per heavy atom. The minimum atomic E-state index is -3.54. The smallest absolute Gasteiger partial charge is 0.243 e. The number of aryl methyl sites for hydroxylation is 3. The van der Waals surface area contributed by atoms with Crippen LogP contribution in [0.4, 0.5) is 5.82 Å². The zero-order valence-corrected chi connectivity index (χ0v) is 15.8.